The Morgan fingerprint density at radius 3 is 2.53 bits per heavy atom. The second kappa shape index (κ2) is 9.19. The summed E-state index contributed by atoms with van der Waals surface area (Å²) >= 11 is 0. The second-order valence-corrected chi connectivity index (χ2v) is 7.60. The lowest BCUT2D eigenvalue weighted by Gasteiger charge is -2.34. The van der Waals surface area contributed by atoms with Gasteiger partial charge in [-0.25, -0.2) is 4.39 Å². The third kappa shape index (κ3) is 4.75. The first-order valence-corrected chi connectivity index (χ1v) is 10.1. The van der Waals surface area contributed by atoms with Crippen molar-refractivity contribution < 1.29 is 13.7 Å². The molecule has 1 aromatic heterocycles. The summed E-state index contributed by atoms with van der Waals surface area (Å²) in [7, 11) is 2.12. The topological polar surface area (TPSA) is 61.6 Å². The zero-order chi connectivity index (χ0) is 20.9. The molecule has 7 heteroatoms. The number of hydrogen-bond donors (Lipinski definition) is 1. The molecule has 1 unspecified atom stereocenters. The number of amides is 1. The van der Waals surface area contributed by atoms with Gasteiger partial charge in [-0.2, -0.15) is 0 Å². The van der Waals surface area contributed by atoms with E-state index in [0.29, 0.717) is 6.54 Å². The van der Waals surface area contributed by atoms with E-state index >= 15 is 0 Å². The zero-order valence-corrected chi connectivity index (χ0v) is 16.9. The van der Waals surface area contributed by atoms with Crippen LogP contribution in [-0.4, -0.2) is 60.6 Å². The minimum absolute atomic E-state index is 0.132. The molecule has 0 aliphatic carbocycles. The summed E-state index contributed by atoms with van der Waals surface area (Å²) in [5.74, 6) is -0.532. The van der Waals surface area contributed by atoms with Gasteiger partial charge in [0.05, 0.1) is 11.6 Å². The van der Waals surface area contributed by atoms with Crippen LogP contribution in [0.1, 0.15) is 22.1 Å². The molecule has 0 bridgehead atoms. The lowest BCUT2D eigenvalue weighted by molar-refractivity contribution is 0.0898. The summed E-state index contributed by atoms with van der Waals surface area (Å²) in [6, 6.07) is 17.4. The monoisotopic (exact) mass is 408 g/mol. The van der Waals surface area contributed by atoms with Crippen LogP contribution in [0.4, 0.5) is 4.39 Å². The maximum atomic E-state index is 14.0. The molecule has 6 nitrogen and oxygen atoms in total. The van der Waals surface area contributed by atoms with Crippen LogP contribution in [0.2, 0.25) is 0 Å². The molecule has 0 spiro atoms. The smallest absolute Gasteiger partial charge is 0.274 e. The van der Waals surface area contributed by atoms with Gasteiger partial charge in [0.2, 0.25) is 0 Å². The average molecular weight is 408 g/mol. The molecule has 1 saturated heterocycles. The summed E-state index contributed by atoms with van der Waals surface area (Å²) in [5, 5.41) is 6.94. The SMILES string of the molecule is CN1CCN(CC(NC(=O)c2cc(-c3ccccc3F)on2)c2ccccc2)CC1. The summed E-state index contributed by atoms with van der Waals surface area (Å²) in [4.78, 5) is 17.5. The van der Waals surface area contributed by atoms with Gasteiger partial charge in [-0.3, -0.25) is 9.69 Å². The Bertz CT molecular complexity index is 984. The Labute approximate surface area is 175 Å². The van der Waals surface area contributed by atoms with E-state index in [9.17, 15) is 9.18 Å². The summed E-state index contributed by atoms with van der Waals surface area (Å²) < 4.78 is 19.2. The Hall–Kier alpha value is -3.03. The Kier molecular flexibility index (Phi) is 6.21. The molecule has 2 aromatic carbocycles. The number of nitrogens with one attached hydrogen (secondary N) is 1. The standard InChI is InChI=1S/C23H25FN4O2/c1-27-11-13-28(14-12-27)16-21(17-7-3-2-4-8-17)25-23(29)20-15-22(30-26-20)18-9-5-6-10-19(18)24/h2-10,15,21H,11-14,16H2,1H3,(H,25,29). The van der Waals surface area contributed by atoms with Crippen molar-refractivity contribution in [2.75, 3.05) is 39.8 Å². The number of halogens is 1. The minimum Gasteiger partial charge on any atom is -0.355 e. The predicted molar refractivity (Wildman–Crippen MR) is 112 cm³/mol. The summed E-state index contributed by atoms with van der Waals surface area (Å²) in [6.45, 7) is 4.63. The van der Waals surface area contributed by atoms with Crippen LogP contribution in [0.3, 0.4) is 0 Å². The van der Waals surface area contributed by atoms with Crippen LogP contribution in [-0.2, 0) is 0 Å². The number of likely N-dealkylation sites (N-methyl/N-ethyl adjacent to an activating group) is 1. The molecule has 1 aliphatic rings. The number of nitrogens with zero attached hydrogens (tertiary/aromatic N) is 3. The first-order valence-electron chi connectivity index (χ1n) is 10.1. The predicted octanol–water partition coefficient (Wildman–Crippen LogP) is 3.20. The van der Waals surface area contributed by atoms with Gasteiger partial charge in [0, 0.05) is 38.8 Å². The number of carbonyl (C=O) groups is 1. The Balaban J connectivity index is 1.50. The molecule has 1 fully saturated rings. The minimum atomic E-state index is -0.419. The van der Waals surface area contributed by atoms with Crippen molar-refractivity contribution in [1.29, 1.82) is 0 Å². The van der Waals surface area contributed by atoms with Gasteiger partial charge in [-0.05, 0) is 24.7 Å². The van der Waals surface area contributed by atoms with E-state index in [2.05, 4.69) is 27.3 Å². The molecule has 1 aliphatic heterocycles. The quantitative estimate of drug-likeness (QED) is 0.679. The maximum absolute atomic E-state index is 14.0. The number of carbonyl (C=O) groups excluding carboxylic acids is 1. The van der Waals surface area contributed by atoms with Gasteiger partial charge >= 0.3 is 0 Å². The number of aromatic nitrogens is 1. The van der Waals surface area contributed by atoms with Crippen LogP contribution in [0.15, 0.2) is 65.2 Å². The molecule has 1 N–H and O–H groups in total. The number of benzene rings is 2. The maximum Gasteiger partial charge on any atom is 0.274 e. The molecule has 1 amide bonds. The van der Waals surface area contributed by atoms with Crippen molar-refractivity contribution in [3.05, 3.63) is 77.7 Å². The van der Waals surface area contributed by atoms with Crippen molar-refractivity contribution in [2.24, 2.45) is 0 Å². The largest absolute Gasteiger partial charge is 0.355 e. The molecule has 0 radical (unpaired) electrons. The molecular formula is C23H25FN4O2. The zero-order valence-electron chi connectivity index (χ0n) is 16.9. The van der Waals surface area contributed by atoms with Gasteiger partial charge < -0.3 is 14.7 Å². The highest BCUT2D eigenvalue weighted by Gasteiger charge is 2.23. The normalized spacial score (nSPS) is 16.3. The highest BCUT2D eigenvalue weighted by atomic mass is 19.1. The molecule has 156 valence electrons. The first-order chi connectivity index (χ1) is 14.6. The van der Waals surface area contributed by atoms with Crippen molar-refractivity contribution >= 4 is 5.91 Å². The molecule has 2 heterocycles. The van der Waals surface area contributed by atoms with Gasteiger partial charge in [0.1, 0.15) is 5.82 Å². The van der Waals surface area contributed by atoms with Gasteiger partial charge in [-0.15, -0.1) is 0 Å². The summed E-state index contributed by atoms with van der Waals surface area (Å²) in [6.07, 6.45) is 0. The van der Waals surface area contributed by atoms with E-state index in [1.54, 1.807) is 18.2 Å². The van der Waals surface area contributed by atoms with Crippen LogP contribution in [0.5, 0.6) is 0 Å². The number of hydrogen-bond acceptors (Lipinski definition) is 5. The van der Waals surface area contributed by atoms with Crippen molar-refractivity contribution in [3.63, 3.8) is 0 Å². The Morgan fingerprint density at radius 1 is 1.10 bits per heavy atom. The lowest BCUT2D eigenvalue weighted by atomic mass is 10.1. The Morgan fingerprint density at radius 2 is 1.80 bits per heavy atom. The van der Waals surface area contributed by atoms with Crippen molar-refractivity contribution in [2.45, 2.75) is 6.04 Å². The summed E-state index contributed by atoms with van der Waals surface area (Å²) in [5.41, 5.74) is 1.44. The van der Waals surface area contributed by atoms with Crippen LogP contribution < -0.4 is 5.32 Å². The first kappa shape index (κ1) is 20.3. The van der Waals surface area contributed by atoms with Crippen LogP contribution in [0, 0.1) is 5.82 Å². The highest BCUT2D eigenvalue weighted by Crippen LogP contribution is 2.24. The fourth-order valence-corrected chi connectivity index (χ4v) is 3.61. The average Bonchev–Trinajstić information content (AvgIpc) is 3.26. The fourth-order valence-electron chi connectivity index (χ4n) is 3.61. The second-order valence-electron chi connectivity index (χ2n) is 7.60. The van der Waals surface area contributed by atoms with E-state index in [1.165, 1.54) is 12.1 Å². The third-order valence-corrected chi connectivity index (χ3v) is 5.43. The third-order valence-electron chi connectivity index (χ3n) is 5.43. The van der Waals surface area contributed by atoms with Crippen molar-refractivity contribution in [1.82, 2.24) is 20.3 Å². The molecule has 0 saturated carbocycles. The number of rotatable bonds is 6. The van der Waals surface area contributed by atoms with Crippen LogP contribution in [0.25, 0.3) is 11.3 Å². The molecule has 1 atom stereocenters. The van der Waals surface area contributed by atoms with Crippen LogP contribution >= 0.6 is 0 Å². The van der Waals surface area contributed by atoms with E-state index in [0.717, 1.165) is 31.7 Å². The highest BCUT2D eigenvalue weighted by molar-refractivity contribution is 5.93. The molecule has 4 rings (SSSR count). The van der Waals surface area contributed by atoms with Crippen molar-refractivity contribution in [3.8, 4) is 11.3 Å². The van der Waals surface area contributed by atoms with E-state index in [-0.39, 0.29) is 29.0 Å². The lowest BCUT2D eigenvalue weighted by Crippen LogP contribution is -2.47. The molecule has 3 aromatic rings. The molecule has 30 heavy (non-hydrogen) atoms. The van der Waals surface area contributed by atoms with Gasteiger partial charge in [0.25, 0.3) is 5.91 Å². The number of piperazine rings is 1. The fraction of sp³-hybridized carbons (Fsp3) is 0.304. The van der Waals surface area contributed by atoms with Gasteiger partial charge in [-0.1, -0.05) is 47.6 Å². The van der Waals surface area contributed by atoms with E-state index in [4.69, 9.17) is 4.52 Å². The van der Waals surface area contributed by atoms with E-state index in [1.807, 2.05) is 30.3 Å². The molecular weight excluding hydrogens is 383 g/mol. The van der Waals surface area contributed by atoms with Gasteiger partial charge in [0.15, 0.2) is 11.5 Å². The van der Waals surface area contributed by atoms with E-state index < -0.39 is 5.82 Å².